The highest BCUT2D eigenvalue weighted by Crippen LogP contribution is 2.40. The lowest BCUT2D eigenvalue weighted by atomic mass is 10.1. The van der Waals surface area contributed by atoms with Crippen molar-refractivity contribution in [3.63, 3.8) is 0 Å². The summed E-state index contributed by atoms with van der Waals surface area (Å²) in [7, 11) is 0. The molecule has 2 aromatic heterocycles. The number of anilines is 2. The van der Waals surface area contributed by atoms with Gasteiger partial charge in [0, 0.05) is 25.3 Å². The number of aromatic nitrogens is 2. The average molecular weight is 318 g/mol. The van der Waals surface area contributed by atoms with Crippen molar-refractivity contribution >= 4 is 22.9 Å². The van der Waals surface area contributed by atoms with Crippen molar-refractivity contribution in [2.75, 3.05) is 22.9 Å². The Hall–Kier alpha value is -2.82. The summed E-state index contributed by atoms with van der Waals surface area (Å²) in [6.07, 6.45) is 6.08. The van der Waals surface area contributed by atoms with Gasteiger partial charge in [-0.2, -0.15) is 0 Å². The van der Waals surface area contributed by atoms with Crippen LogP contribution in [0.15, 0.2) is 54.9 Å². The Balaban J connectivity index is 1.56. The quantitative estimate of drug-likeness (QED) is 0.729. The minimum atomic E-state index is 0.0107. The summed E-state index contributed by atoms with van der Waals surface area (Å²) in [4.78, 5) is 21.9. The molecule has 1 saturated carbocycles. The number of carbonyl (C=O) groups excluding carboxylic acids is 1. The molecule has 1 fully saturated rings. The van der Waals surface area contributed by atoms with Gasteiger partial charge >= 0.3 is 0 Å². The second kappa shape index (κ2) is 5.09. The maximum absolute atomic E-state index is 13.2. The maximum atomic E-state index is 13.2. The number of pyridine rings is 1. The molecule has 0 radical (unpaired) electrons. The monoisotopic (exact) mass is 318 g/mol. The molecule has 0 spiro atoms. The molecule has 5 heteroatoms. The minimum absolute atomic E-state index is 0.0107. The molecule has 0 N–H and O–H groups in total. The lowest BCUT2D eigenvalue weighted by molar-refractivity contribution is 0.0981. The molecule has 0 bridgehead atoms. The average Bonchev–Trinajstić information content (AvgIpc) is 3.39. The van der Waals surface area contributed by atoms with Gasteiger partial charge in [0.1, 0.15) is 11.3 Å². The van der Waals surface area contributed by atoms with E-state index in [4.69, 9.17) is 0 Å². The van der Waals surface area contributed by atoms with Crippen molar-refractivity contribution in [1.29, 1.82) is 0 Å². The van der Waals surface area contributed by atoms with Crippen LogP contribution in [0.4, 0.5) is 11.4 Å². The second-order valence-electron chi connectivity index (χ2n) is 6.44. The summed E-state index contributed by atoms with van der Waals surface area (Å²) >= 11 is 0. The van der Waals surface area contributed by atoms with E-state index in [0.29, 0.717) is 18.3 Å². The molecule has 0 atom stereocenters. The Kier molecular flexibility index (Phi) is 2.89. The van der Waals surface area contributed by atoms with Gasteiger partial charge in [0.15, 0.2) is 0 Å². The molecular formula is C19H18N4O. The zero-order valence-electron chi connectivity index (χ0n) is 13.3. The van der Waals surface area contributed by atoms with Crippen LogP contribution in [0.3, 0.4) is 0 Å². The number of hydrogen-bond donors (Lipinski definition) is 0. The first-order chi connectivity index (χ1) is 11.8. The second-order valence-corrected chi connectivity index (χ2v) is 6.44. The van der Waals surface area contributed by atoms with Crippen molar-refractivity contribution < 1.29 is 4.79 Å². The summed E-state index contributed by atoms with van der Waals surface area (Å²) in [5.74, 6) is 0.0107. The topological polar surface area (TPSA) is 40.9 Å². The maximum Gasteiger partial charge on any atom is 0.277 e. The predicted molar refractivity (Wildman–Crippen MR) is 93.7 cm³/mol. The third kappa shape index (κ3) is 2.01. The highest BCUT2D eigenvalue weighted by atomic mass is 16.2. The smallest absolute Gasteiger partial charge is 0.277 e. The lowest BCUT2D eigenvalue weighted by Crippen LogP contribution is -2.45. The molecule has 24 heavy (non-hydrogen) atoms. The molecular weight excluding hydrogens is 300 g/mol. The van der Waals surface area contributed by atoms with Crippen LogP contribution in [0.5, 0.6) is 0 Å². The molecule has 1 aliphatic carbocycles. The Morgan fingerprint density at radius 1 is 1.00 bits per heavy atom. The largest absolute Gasteiger partial charge is 0.365 e. The molecule has 1 aliphatic heterocycles. The molecule has 5 rings (SSSR count). The van der Waals surface area contributed by atoms with Gasteiger partial charge in [0.25, 0.3) is 5.91 Å². The zero-order chi connectivity index (χ0) is 16.1. The molecule has 1 aromatic carbocycles. The summed E-state index contributed by atoms with van der Waals surface area (Å²) in [5.41, 5.74) is 3.59. The van der Waals surface area contributed by atoms with Gasteiger partial charge in [-0.1, -0.05) is 18.2 Å². The Bertz CT molecular complexity index is 928. The molecule has 0 saturated heterocycles. The van der Waals surface area contributed by atoms with E-state index >= 15 is 0 Å². The fraction of sp³-hybridized carbons (Fsp3) is 0.263. The van der Waals surface area contributed by atoms with E-state index in [1.807, 2.05) is 45.8 Å². The number of rotatable bonds is 2. The first-order valence-corrected chi connectivity index (χ1v) is 8.42. The van der Waals surface area contributed by atoms with Gasteiger partial charge in [-0.15, -0.1) is 0 Å². The standard InChI is InChI=1S/C19H18N4O/c24-19(17-13-20-18-7-3-4-10-22(17)18)23-12-11-21(14-8-9-14)15-5-1-2-6-16(15)23/h1-7,10,13-14H,8-9,11-12H2. The van der Waals surface area contributed by atoms with Crippen LogP contribution >= 0.6 is 0 Å². The molecule has 2 aliphatic rings. The molecule has 120 valence electrons. The number of carbonyl (C=O) groups is 1. The van der Waals surface area contributed by atoms with Crippen LogP contribution in [0.25, 0.3) is 5.65 Å². The number of hydrogen-bond acceptors (Lipinski definition) is 3. The lowest BCUT2D eigenvalue weighted by Gasteiger charge is -2.37. The normalized spacial score (nSPS) is 17.2. The SMILES string of the molecule is O=C(c1cnc2ccccn12)N1CCN(C2CC2)c2ccccc21. The number of nitrogens with zero attached hydrogens (tertiary/aromatic N) is 4. The first-order valence-electron chi connectivity index (χ1n) is 8.42. The third-order valence-electron chi connectivity index (χ3n) is 4.92. The van der Waals surface area contributed by atoms with E-state index in [0.717, 1.165) is 17.9 Å². The van der Waals surface area contributed by atoms with Crippen LogP contribution in [0.2, 0.25) is 0 Å². The van der Waals surface area contributed by atoms with E-state index in [-0.39, 0.29) is 5.91 Å². The minimum Gasteiger partial charge on any atom is -0.365 e. The number of para-hydroxylation sites is 2. The summed E-state index contributed by atoms with van der Waals surface area (Å²) < 4.78 is 1.86. The first kappa shape index (κ1) is 13.6. The van der Waals surface area contributed by atoms with Gasteiger partial charge in [0.2, 0.25) is 0 Å². The molecule has 1 amide bonds. The summed E-state index contributed by atoms with van der Waals surface area (Å²) in [5, 5.41) is 0. The number of imidazole rings is 1. The van der Waals surface area contributed by atoms with Crippen LogP contribution in [-0.4, -0.2) is 34.4 Å². The molecule has 3 heterocycles. The van der Waals surface area contributed by atoms with Gasteiger partial charge < -0.3 is 9.80 Å². The molecule has 0 unspecified atom stereocenters. The van der Waals surface area contributed by atoms with Crippen LogP contribution in [0, 0.1) is 0 Å². The van der Waals surface area contributed by atoms with Crippen molar-refractivity contribution in [1.82, 2.24) is 9.38 Å². The Morgan fingerprint density at radius 2 is 1.79 bits per heavy atom. The van der Waals surface area contributed by atoms with Crippen molar-refractivity contribution in [3.8, 4) is 0 Å². The third-order valence-corrected chi connectivity index (χ3v) is 4.92. The van der Waals surface area contributed by atoms with Gasteiger partial charge in [-0.3, -0.25) is 9.20 Å². The Morgan fingerprint density at radius 3 is 2.62 bits per heavy atom. The van der Waals surface area contributed by atoms with Crippen LogP contribution in [-0.2, 0) is 0 Å². The fourth-order valence-corrected chi connectivity index (χ4v) is 3.59. The highest BCUT2D eigenvalue weighted by molar-refractivity contribution is 6.07. The van der Waals surface area contributed by atoms with E-state index in [2.05, 4.69) is 22.0 Å². The van der Waals surface area contributed by atoms with Gasteiger partial charge in [0.05, 0.1) is 17.6 Å². The summed E-state index contributed by atoms with van der Waals surface area (Å²) in [6, 6.07) is 14.6. The van der Waals surface area contributed by atoms with Crippen molar-refractivity contribution in [2.45, 2.75) is 18.9 Å². The number of benzene rings is 1. The number of fused-ring (bicyclic) bond motifs is 2. The summed E-state index contributed by atoms with van der Waals surface area (Å²) in [6.45, 7) is 1.61. The van der Waals surface area contributed by atoms with Crippen LogP contribution in [0.1, 0.15) is 23.3 Å². The van der Waals surface area contributed by atoms with Gasteiger partial charge in [-0.05, 0) is 37.1 Å². The van der Waals surface area contributed by atoms with Crippen molar-refractivity contribution in [2.24, 2.45) is 0 Å². The van der Waals surface area contributed by atoms with Gasteiger partial charge in [-0.25, -0.2) is 4.98 Å². The van der Waals surface area contributed by atoms with Crippen LogP contribution < -0.4 is 9.80 Å². The Labute approximate surface area is 140 Å². The highest BCUT2D eigenvalue weighted by Gasteiger charge is 2.35. The molecule has 3 aromatic rings. The zero-order valence-corrected chi connectivity index (χ0v) is 13.3. The fourth-order valence-electron chi connectivity index (χ4n) is 3.59. The number of amides is 1. The van der Waals surface area contributed by atoms with E-state index < -0.39 is 0 Å². The predicted octanol–water partition coefficient (Wildman–Crippen LogP) is 2.96. The van der Waals surface area contributed by atoms with E-state index in [1.165, 1.54) is 18.5 Å². The molecule has 5 nitrogen and oxygen atoms in total. The van der Waals surface area contributed by atoms with Crippen molar-refractivity contribution in [3.05, 3.63) is 60.6 Å². The van der Waals surface area contributed by atoms with E-state index in [9.17, 15) is 4.79 Å². The van der Waals surface area contributed by atoms with E-state index in [1.54, 1.807) is 6.20 Å².